The predicted molar refractivity (Wildman–Crippen MR) is 59.8 cm³/mol. The molecule has 0 amide bonds. The Hall–Kier alpha value is -1.63. The van der Waals surface area contributed by atoms with E-state index in [1.54, 1.807) is 0 Å². The van der Waals surface area contributed by atoms with Crippen LogP contribution < -0.4 is 5.56 Å². The van der Waals surface area contributed by atoms with Gasteiger partial charge in [0.15, 0.2) is 9.84 Å². The van der Waals surface area contributed by atoms with Gasteiger partial charge in [0.2, 0.25) is 0 Å². The highest BCUT2D eigenvalue weighted by molar-refractivity contribution is 7.90. The second-order valence-corrected chi connectivity index (χ2v) is 6.23. The number of hydrogen-bond acceptors (Lipinski definition) is 4. The standard InChI is InChI=1S/C10H11NO5S/c1-11-8-5-17(15,16)3-2-6(8)4-7(9(11)12)10(13)14/h4H,2-3,5H2,1H3,(H,13,14). The summed E-state index contributed by atoms with van der Waals surface area (Å²) in [7, 11) is -1.78. The van der Waals surface area contributed by atoms with E-state index in [-0.39, 0.29) is 23.5 Å². The summed E-state index contributed by atoms with van der Waals surface area (Å²) in [6.07, 6.45) is 0.256. The quantitative estimate of drug-likeness (QED) is 0.735. The highest BCUT2D eigenvalue weighted by Crippen LogP contribution is 2.19. The summed E-state index contributed by atoms with van der Waals surface area (Å²) in [5.41, 5.74) is 0.0319. The number of sulfone groups is 1. The van der Waals surface area contributed by atoms with Crippen LogP contribution in [0.3, 0.4) is 0 Å². The lowest BCUT2D eigenvalue weighted by atomic mass is 10.1. The highest BCUT2D eigenvalue weighted by atomic mass is 32.2. The molecule has 0 saturated carbocycles. The Bertz CT molecular complexity index is 656. The molecule has 1 aromatic rings. The van der Waals surface area contributed by atoms with E-state index in [4.69, 9.17) is 5.11 Å². The van der Waals surface area contributed by atoms with Crippen molar-refractivity contribution in [3.8, 4) is 0 Å². The Morgan fingerprint density at radius 3 is 2.71 bits per heavy atom. The molecule has 7 heteroatoms. The Balaban J connectivity index is 2.71. The van der Waals surface area contributed by atoms with Gasteiger partial charge < -0.3 is 9.67 Å². The molecule has 92 valence electrons. The molecule has 0 spiro atoms. The van der Waals surface area contributed by atoms with Gasteiger partial charge in [-0.2, -0.15) is 0 Å². The first kappa shape index (κ1) is 11.8. The molecule has 0 unspecified atom stereocenters. The zero-order valence-electron chi connectivity index (χ0n) is 9.13. The number of carboxylic acids is 1. The number of hydrogen-bond donors (Lipinski definition) is 1. The molecular formula is C10H11NO5S. The van der Waals surface area contributed by atoms with Crippen LogP contribution in [0.1, 0.15) is 21.6 Å². The van der Waals surface area contributed by atoms with Gasteiger partial charge in [0.1, 0.15) is 5.56 Å². The average Bonchev–Trinajstić information content (AvgIpc) is 2.23. The van der Waals surface area contributed by atoms with E-state index >= 15 is 0 Å². The van der Waals surface area contributed by atoms with Crippen LogP contribution in [0.5, 0.6) is 0 Å². The van der Waals surface area contributed by atoms with Gasteiger partial charge in [-0.15, -0.1) is 0 Å². The Kier molecular flexibility index (Phi) is 2.57. The minimum Gasteiger partial charge on any atom is -0.477 e. The Labute approximate surface area is 97.4 Å². The summed E-state index contributed by atoms with van der Waals surface area (Å²) in [5, 5.41) is 8.86. The molecule has 6 nitrogen and oxygen atoms in total. The SMILES string of the molecule is Cn1c2c(cc(C(=O)O)c1=O)CCS(=O)(=O)C2. The third kappa shape index (κ3) is 1.97. The second-order valence-electron chi connectivity index (χ2n) is 4.04. The van der Waals surface area contributed by atoms with Gasteiger partial charge in [-0.3, -0.25) is 4.79 Å². The summed E-state index contributed by atoms with van der Waals surface area (Å²) in [6.45, 7) is 0. The fourth-order valence-corrected chi connectivity index (χ4v) is 3.41. The Morgan fingerprint density at radius 2 is 2.12 bits per heavy atom. The van der Waals surface area contributed by atoms with E-state index in [1.807, 2.05) is 0 Å². The monoisotopic (exact) mass is 257 g/mol. The van der Waals surface area contributed by atoms with E-state index in [0.29, 0.717) is 11.3 Å². The minimum absolute atomic E-state index is 0.00272. The lowest BCUT2D eigenvalue weighted by Crippen LogP contribution is -2.32. The number of aromatic nitrogens is 1. The van der Waals surface area contributed by atoms with Crippen LogP contribution >= 0.6 is 0 Å². The molecule has 0 saturated heterocycles. The predicted octanol–water partition coefficient (Wildman–Crippen LogP) is -0.446. The summed E-state index contributed by atoms with van der Waals surface area (Å²) >= 11 is 0. The smallest absolute Gasteiger partial charge is 0.341 e. The van der Waals surface area contributed by atoms with Crippen LogP contribution in [0.15, 0.2) is 10.9 Å². The number of carboxylic acid groups (broad SMARTS) is 1. The highest BCUT2D eigenvalue weighted by Gasteiger charge is 2.26. The van der Waals surface area contributed by atoms with Crippen LogP contribution in [0.25, 0.3) is 0 Å². The number of nitrogens with zero attached hydrogens (tertiary/aromatic N) is 1. The fraction of sp³-hybridized carbons (Fsp3) is 0.400. The van der Waals surface area contributed by atoms with Crippen molar-refractivity contribution in [3.05, 3.63) is 33.2 Å². The topological polar surface area (TPSA) is 93.4 Å². The molecule has 1 N–H and O–H groups in total. The number of aryl methyl sites for hydroxylation is 1. The first-order valence-electron chi connectivity index (χ1n) is 4.97. The van der Waals surface area contributed by atoms with Crippen LogP contribution in [0.2, 0.25) is 0 Å². The van der Waals surface area contributed by atoms with Crippen LogP contribution in [-0.2, 0) is 29.1 Å². The van der Waals surface area contributed by atoms with Crippen molar-refractivity contribution in [2.75, 3.05) is 5.75 Å². The number of rotatable bonds is 1. The molecule has 2 heterocycles. The number of aromatic carboxylic acids is 1. The average molecular weight is 257 g/mol. The van der Waals surface area contributed by atoms with Crippen molar-refractivity contribution in [3.63, 3.8) is 0 Å². The summed E-state index contributed by atoms with van der Waals surface area (Å²) in [4.78, 5) is 22.5. The molecule has 1 aliphatic heterocycles. The van der Waals surface area contributed by atoms with Gasteiger partial charge in [-0.25, -0.2) is 13.2 Å². The van der Waals surface area contributed by atoms with Crippen molar-refractivity contribution < 1.29 is 18.3 Å². The van der Waals surface area contributed by atoms with Crippen molar-refractivity contribution in [1.82, 2.24) is 4.57 Å². The normalized spacial score (nSPS) is 17.5. The number of fused-ring (bicyclic) bond motifs is 1. The van der Waals surface area contributed by atoms with Gasteiger partial charge in [0, 0.05) is 12.7 Å². The Morgan fingerprint density at radius 1 is 1.47 bits per heavy atom. The van der Waals surface area contributed by atoms with Crippen molar-refractivity contribution in [2.45, 2.75) is 12.2 Å². The molecule has 0 bridgehead atoms. The molecule has 0 atom stereocenters. The molecule has 2 rings (SSSR count). The van der Waals surface area contributed by atoms with E-state index in [0.717, 1.165) is 4.57 Å². The minimum atomic E-state index is -3.18. The first-order valence-corrected chi connectivity index (χ1v) is 6.79. The van der Waals surface area contributed by atoms with Gasteiger partial charge in [-0.1, -0.05) is 0 Å². The maximum atomic E-state index is 11.7. The van der Waals surface area contributed by atoms with Crippen molar-refractivity contribution >= 4 is 15.8 Å². The molecule has 0 aromatic carbocycles. The van der Waals surface area contributed by atoms with Crippen molar-refractivity contribution in [1.29, 1.82) is 0 Å². The van der Waals surface area contributed by atoms with Crippen LogP contribution in [-0.4, -0.2) is 29.8 Å². The van der Waals surface area contributed by atoms with Gasteiger partial charge in [0.25, 0.3) is 5.56 Å². The molecular weight excluding hydrogens is 246 g/mol. The van der Waals surface area contributed by atoms with Crippen molar-refractivity contribution in [2.24, 2.45) is 7.05 Å². The van der Waals surface area contributed by atoms with E-state index < -0.39 is 21.4 Å². The molecule has 1 aromatic heterocycles. The van der Waals surface area contributed by atoms with Gasteiger partial charge >= 0.3 is 5.97 Å². The molecule has 1 aliphatic rings. The fourth-order valence-electron chi connectivity index (χ4n) is 1.94. The lowest BCUT2D eigenvalue weighted by Gasteiger charge is -2.19. The summed E-state index contributed by atoms with van der Waals surface area (Å²) in [6, 6.07) is 1.29. The lowest BCUT2D eigenvalue weighted by molar-refractivity contribution is 0.0694. The van der Waals surface area contributed by atoms with Gasteiger partial charge in [0.05, 0.1) is 11.5 Å². The molecule has 17 heavy (non-hydrogen) atoms. The number of carbonyl (C=O) groups is 1. The zero-order chi connectivity index (χ0) is 12.8. The zero-order valence-corrected chi connectivity index (χ0v) is 9.95. The maximum Gasteiger partial charge on any atom is 0.341 e. The second kappa shape index (κ2) is 3.69. The largest absolute Gasteiger partial charge is 0.477 e. The third-order valence-electron chi connectivity index (χ3n) is 2.90. The molecule has 0 radical (unpaired) electrons. The maximum absolute atomic E-state index is 11.7. The van der Waals surface area contributed by atoms with Gasteiger partial charge in [-0.05, 0) is 18.1 Å². The van der Waals surface area contributed by atoms with E-state index in [1.165, 1.54) is 13.1 Å². The first-order chi connectivity index (χ1) is 7.82. The van der Waals surface area contributed by atoms with Crippen LogP contribution in [0.4, 0.5) is 0 Å². The van der Waals surface area contributed by atoms with E-state index in [9.17, 15) is 18.0 Å². The molecule has 0 aliphatic carbocycles. The molecule has 0 fully saturated rings. The van der Waals surface area contributed by atoms with E-state index in [2.05, 4.69) is 0 Å². The summed E-state index contributed by atoms with van der Waals surface area (Å²) < 4.78 is 24.0. The third-order valence-corrected chi connectivity index (χ3v) is 4.44. The summed E-state index contributed by atoms with van der Waals surface area (Å²) in [5.74, 6) is -1.49. The van der Waals surface area contributed by atoms with Crippen LogP contribution in [0, 0.1) is 0 Å². The number of pyridine rings is 1.